The maximum absolute atomic E-state index is 11.6. The van der Waals surface area contributed by atoms with E-state index in [1.807, 2.05) is 0 Å². The van der Waals surface area contributed by atoms with Crippen molar-refractivity contribution in [1.82, 2.24) is 14.9 Å². The van der Waals surface area contributed by atoms with Gasteiger partial charge in [0.25, 0.3) is 5.56 Å². The van der Waals surface area contributed by atoms with Crippen LogP contribution in [0.2, 0.25) is 0 Å². The van der Waals surface area contributed by atoms with Gasteiger partial charge >= 0.3 is 5.69 Å². The average molecular weight is 286 g/mol. The summed E-state index contributed by atoms with van der Waals surface area (Å²) >= 11 is 0. The van der Waals surface area contributed by atoms with Crippen LogP contribution in [0.5, 0.6) is 0 Å². The molecule has 0 bridgehead atoms. The molecule has 9 heteroatoms. The fraction of sp³-hybridized carbons (Fsp3) is 0.636. The smallest absolute Gasteiger partial charge is 0.330 e. The van der Waals surface area contributed by atoms with Gasteiger partial charge in [0.05, 0.1) is 0 Å². The first-order valence-corrected chi connectivity index (χ1v) is 6.28. The Kier molecular flexibility index (Phi) is 4.68. The third-order valence-electron chi connectivity index (χ3n) is 3.13. The first-order valence-electron chi connectivity index (χ1n) is 6.28. The predicted octanol–water partition coefficient (Wildman–Crippen LogP) is -3.30. The van der Waals surface area contributed by atoms with E-state index in [0.717, 1.165) is 10.6 Å². The Balaban J connectivity index is 2.13. The number of nitrogens with one attached hydrogen (secondary N) is 2. The normalized spacial score (nSPS) is 29.8. The molecular weight excluding hydrogens is 268 g/mol. The van der Waals surface area contributed by atoms with Gasteiger partial charge in [0.2, 0.25) is 0 Å². The molecule has 0 unspecified atom stereocenters. The number of aliphatic hydroxyl groups is 2. The molecule has 2 heterocycles. The fourth-order valence-corrected chi connectivity index (χ4v) is 2.10. The van der Waals surface area contributed by atoms with Crippen molar-refractivity contribution in [2.75, 3.05) is 19.6 Å². The lowest BCUT2D eigenvalue weighted by Crippen LogP contribution is -2.39. The molecule has 1 fully saturated rings. The summed E-state index contributed by atoms with van der Waals surface area (Å²) in [4.78, 5) is 24.7. The van der Waals surface area contributed by atoms with Crippen molar-refractivity contribution in [2.45, 2.75) is 24.5 Å². The van der Waals surface area contributed by atoms with E-state index >= 15 is 0 Å². The van der Waals surface area contributed by atoms with Gasteiger partial charge in [-0.1, -0.05) is 0 Å². The quantitative estimate of drug-likeness (QED) is 0.357. The topological polar surface area (TPSA) is 143 Å². The Morgan fingerprint density at radius 2 is 2.15 bits per heavy atom. The van der Waals surface area contributed by atoms with E-state index < -0.39 is 35.8 Å². The summed E-state index contributed by atoms with van der Waals surface area (Å²) in [6.07, 6.45) is -2.89. The van der Waals surface area contributed by atoms with Gasteiger partial charge in [-0.05, 0) is 0 Å². The molecule has 4 atom stereocenters. The standard InChI is InChI=1S/C11H18N4O5/c12-2-3-13-5-6-8(17)9(18)10(20-6)15-4-1-7(16)14-11(15)19/h1,4,6,8-10,13,17-18H,2-3,5,12H2,(H,14,16,19)/t6-,8-,9-,10-/m1/s1. The maximum Gasteiger partial charge on any atom is 0.330 e. The van der Waals surface area contributed by atoms with Gasteiger partial charge in [-0.15, -0.1) is 0 Å². The lowest BCUT2D eigenvalue weighted by Gasteiger charge is -2.16. The second-order valence-corrected chi connectivity index (χ2v) is 4.56. The summed E-state index contributed by atoms with van der Waals surface area (Å²) in [6.45, 7) is 1.28. The van der Waals surface area contributed by atoms with E-state index in [0.29, 0.717) is 19.6 Å². The zero-order chi connectivity index (χ0) is 14.7. The lowest BCUT2D eigenvalue weighted by molar-refractivity contribution is -0.0390. The van der Waals surface area contributed by atoms with E-state index in [9.17, 15) is 19.8 Å². The van der Waals surface area contributed by atoms with Crippen LogP contribution in [0.15, 0.2) is 21.9 Å². The van der Waals surface area contributed by atoms with Gasteiger partial charge in [-0.25, -0.2) is 4.79 Å². The molecule has 9 nitrogen and oxygen atoms in total. The summed E-state index contributed by atoms with van der Waals surface area (Å²) in [5.74, 6) is 0. The molecule has 0 aliphatic carbocycles. The first kappa shape index (κ1) is 14.9. The number of hydrogen-bond donors (Lipinski definition) is 5. The number of rotatable bonds is 5. The van der Waals surface area contributed by atoms with Crippen molar-refractivity contribution in [3.05, 3.63) is 33.1 Å². The Bertz CT molecular complexity index is 556. The van der Waals surface area contributed by atoms with Crippen LogP contribution in [-0.4, -0.2) is 57.7 Å². The van der Waals surface area contributed by atoms with Crippen molar-refractivity contribution >= 4 is 0 Å². The van der Waals surface area contributed by atoms with Gasteiger partial charge in [0, 0.05) is 31.9 Å². The zero-order valence-electron chi connectivity index (χ0n) is 10.7. The van der Waals surface area contributed by atoms with Crippen molar-refractivity contribution in [3.8, 4) is 0 Å². The molecule has 0 saturated carbocycles. The largest absolute Gasteiger partial charge is 0.387 e. The number of nitrogens with zero attached hydrogens (tertiary/aromatic N) is 1. The monoisotopic (exact) mass is 286 g/mol. The highest BCUT2D eigenvalue weighted by Crippen LogP contribution is 2.27. The zero-order valence-corrected chi connectivity index (χ0v) is 10.7. The van der Waals surface area contributed by atoms with Gasteiger partial charge in [-0.2, -0.15) is 0 Å². The number of nitrogens with two attached hydrogens (primary N) is 1. The van der Waals surface area contributed by atoms with E-state index in [1.54, 1.807) is 0 Å². The molecule has 0 amide bonds. The molecule has 1 aliphatic rings. The van der Waals surface area contributed by atoms with Crippen LogP contribution < -0.4 is 22.3 Å². The highest BCUT2D eigenvalue weighted by atomic mass is 16.6. The third-order valence-corrected chi connectivity index (χ3v) is 3.13. The second-order valence-electron chi connectivity index (χ2n) is 4.56. The molecule has 20 heavy (non-hydrogen) atoms. The van der Waals surface area contributed by atoms with Gasteiger partial charge < -0.3 is 26.0 Å². The van der Waals surface area contributed by atoms with Crippen LogP contribution in [0.4, 0.5) is 0 Å². The third kappa shape index (κ3) is 2.97. The minimum absolute atomic E-state index is 0.296. The summed E-state index contributed by atoms with van der Waals surface area (Å²) in [5.41, 5.74) is 4.09. The van der Waals surface area contributed by atoms with Gasteiger partial charge in [0.1, 0.15) is 18.3 Å². The predicted molar refractivity (Wildman–Crippen MR) is 69.2 cm³/mol. The van der Waals surface area contributed by atoms with E-state index in [2.05, 4.69) is 10.3 Å². The van der Waals surface area contributed by atoms with Crippen LogP contribution >= 0.6 is 0 Å². The summed E-state index contributed by atoms with van der Waals surface area (Å²) in [6, 6.07) is 1.14. The van der Waals surface area contributed by atoms with Crippen LogP contribution in [0, 0.1) is 0 Å². The summed E-state index contributed by atoms with van der Waals surface area (Å²) in [7, 11) is 0. The number of hydrogen-bond acceptors (Lipinski definition) is 7. The SMILES string of the molecule is NCCNC[C@H]1O[C@@H](n2ccc(=O)[nH]c2=O)[C@H](O)[C@@H]1O. The highest BCUT2D eigenvalue weighted by molar-refractivity contribution is 4.93. The second kappa shape index (κ2) is 6.29. The Morgan fingerprint density at radius 1 is 1.40 bits per heavy atom. The van der Waals surface area contributed by atoms with E-state index in [4.69, 9.17) is 10.5 Å². The molecule has 1 aromatic rings. The van der Waals surface area contributed by atoms with Crippen molar-refractivity contribution in [1.29, 1.82) is 0 Å². The molecular formula is C11H18N4O5. The molecule has 112 valence electrons. The molecule has 1 aliphatic heterocycles. The number of aliphatic hydroxyl groups excluding tert-OH is 2. The lowest BCUT2D eigenvalue weighted by atomic mass is 10.1. The number of H-pyrrole nitrogens is 1. The first-order chi connectivity index (χ1) is 9.54. The molecule has 0 aromatic carbocycles. The Morgan fingerprint density at radius 3 is 2.80 bits per heavy atom. The van der Waals surface area contributed by atoms with Crippen LogP contribution in [0.25, 0.3) is 0 Å². The summed E-state index contributed by atoms with van der Waals surface area (Å²) < 4.78 is 6.52. The molecule has 0 radical (unpaired) electrons. The van der Waals surface area contributed by atoms with E-state index in [-0.39, 0.29) is 0 Å². The maximum atomic E-state index is 11.6. The van der Waals surface area contributed by atoms with Crippen LogP contribution in [-0.2, 0) is 4.74 Å². The van der Waals surface area contributed by atoms with Crippen molar-refractivity contribution in [2.24, 2.45) is 5.73 Å². The highest BCUT2D eigenvalue weighted by Gasteiger charge is 2.43. The number of aromatic amines is 1. The van der Waals surface area contributed by atoms with Gasteiger partial charge in [0.15, 0.2) is 6.23 Å². The minimum Gasteiger partial charge on any atom is -0.387 e. The van der Waals surface area contributed by atoms with Crippen LogP contribution in [0.1, 0.15) is 6.23 Å². The molecule has 2 rings (SSSR count). The Hall–Kier alpha value is -1.52. The summed E-state index contributed by atoms with van der Waals surface area (Å²) in [5, 5.41) is 22.8. The number of ether oxygens (including phenoxy) is 1. The average Bonchev–Trinajstić information content (AvgIpc) is 2.68. The molecule has 6 N–H and O–H groups in total. The molecule has 1 aromatic heterocycles. The van der Waals surface area contributed by atoms with Gasteiger partial charge in [-0.3, -0.25) is 14.3 Å². The van der Waals surface area contributed by atoms with E-state index in [1.165, 1.54) is 6.20 Å². The van der Waals surface area contributed by atoms with Crippen molar-refractivity contribution < 1.29 is 14.9 Å². The van der Waals surface area contributed by atoms with Crippen LogP contribution in [0.3, 0.4) is 0 Å². The van der Waals surface area contributed by atoms with Crippen molar-refractivity contribution in [3.63, 3.8) is 0 Å². The Labute approximate surface area is 114 Å². The molecule has 1 saturated heterocycles. The molecule has 0 spiro atoms. The fourth-order valence-electron chi connectivity index (χ4n) is 2.10. The number of aromatic nitrogens is 2. The minimum atomic E-state index is -1.26.